The quantitative estimate of drug-likeness (QED) is 0.215. The van der Waals surface area contributed by atoms with Crippen LogP contribution in [0.3, 0.4) is 0 Å². The summed E-state index contributed by atoms with van der Waals surface area (Å²) in [7, 11) is 0. The van der Waals surface area contributed by atoms with Crippen molar-refractivity contribution in [2.24, 2.45) is 0 Å². The minimum absolute atomic E-state index is 0.113. The number of amides is 2. The van der Waals surface area contributed by atoms with Crippen molar-refractivity contribution in [1.29, 1.82) is 0 Å². The van der Waals surface area contributed by atoms with E-state index in [9.17, 15) is 32.3 Å². The summed E-state index contributed by atoms with van der Waals surface area (Å²) < 4.78 is 60.3. The molecule has 1 unspecified atom stereocenters. The van der Waals surface area contributed by atoms with Gasteiger partial charge in [0.1, 0.15) is 5.75 Å². The molecule has 1 atom stereocenters. The zero-order valence-corrected chi connectivity index (χ0v) is 20.0. The van der Waals surface area contributed by atoms with Gasteiger partial charge in [-0.3, -0.25) is 14.6 Å². The highest BCUT2D eigenvalue weighted by Crippen LogP contribution is 2.35. The number of hydrogen-bond donors (Lipinski definition) is 3. The molecule has 1 heterocycles. The number of aliphatic hydroxyl groups is 1. The fourth-order valence-corrected chi connectivity index (χ4v) is 3.82. The van der Waals surface area contributed by atoms with Crippen LogP contribution in [0.15, 0.2) is 72.9 Å². The van der Waals surface area contributed by atoms with Crippen LogP contribution in [-0.2, 0) is 15.8 Å². The topological polar surface area (TPSA) is 101 Å². The molecule has 3 N–H and O–H groups in total. The van der Waals surface area contributed by atoms with Gasteiger partial charge in [0.2, 0.25) is 0 Å². The lowest BCUT2D eigenvalue weighted by Gasteiger charge is -2.21. The van der Waals surface area contributed by atoms with E-state index < -0.39 is 47.6 Å². The summed E-state index contributed by atoms with van der Waals surface area (Å²) in [6.07, 6.45) is -3.28. The van der Waals surface area contributed by atoms with Gasteiger partial charge in [0.15, 0.2) is 11.6 Å². The molecule has 0 saturated carbocycles. The first-order chi connectivity index (χ1) is 18.1. The van der Waals surface area contributed by atoms with Crippen LogP contribution in [0, 0.1) is 5.82 Å². The summed E-state index contributed by atoms with van der Waals surface area (Å²) in [5.41, 5.74) is -1.06. The Morgan fingerprint density at radius 2 is 1.76 bits per heavy atom. The molecule has 0 spiro atoms. The van der Waals surface area contributed by atoms with Crippen molar-refractivity contribution in [2.75, 3.05) is 11.9 Å². The van der Waals surface area contributed by atoms with E-state index in [1.54, 1.807) is 18.2 Å². The van der Waals surface area contributed by atoms with Gasteiger partial charge in [-0.2, -0.15) is 13.2 Å². The highest BCUT2D eigenvalue weighted by atomic mass is 35.5. The number of nitrogens with zero attached hydrogens (tertiary/aromatic N) is 1. The number of hydrogen-bond acceptors (Lipinski definition) is 5. The van der Waals surface area contributed by atoms with Crippen molar-refractivity contribution in [3.8, 4) is 11.5 Å². The Kier molecular flexibility index (Phi) is 7.79. The van der Waals surface area contributed by atoms with Crippen molar-refractivity contribution in [2.45, 2.75) is 12.2 Å². The molecule has 4 rings (SSSR count). The molecule has 0 aliphatic rings. The molecule has 4 aromatic rings. The number of rotatable bonds is 6. The number of carbonyl (C=O) groups excluding carboxylic acids is 2. The van der Waals surface area contributed by atoms with Crippen LogP contribution in [-0.4, -0.2) is 28.5 Å². The third-order valence-corrected chi connectivity index (χ3v) is 5.65. The summed E-state index contributed by atoms with van der Waals surface area (Å²) in [6, 6.07) is 12.7. The third-order valence-electron chi connectivity index (χ3n) is 5.41. The predicted molar refractivity (Wildman–Crippen MR) is 131 cm³/mol. The van der Waals surface area contributed by atoms with Crippen molar-refractivity contribution in [3.63, 3.8) is 0 Å². The molecule has 0 aliphatic heterocycles. The number of benzene rings is 3. The second kappa shape index (κ2) is 11.0. The molecule has 3 aromatic carbocycles. The second-order valence-corrected chi connectivity index (χ2v) is 8.40. The summed E-state index contributed by atoms with van der Waals surface area (Å²) in [5.74, 6) is -3.36. The number of aromatic nitrogens is 1. The first-order valence-electron chi connectivity index (χ1n) is 11.0. The highest BCUT2D eigenvalue weighted by Gasteiger charge is 2.35. The van der Waals surface area contributed by atoms with Crippen molar-refractivity contribution < 1.29 is 37.0 Å². The minimum atomic E-state index is -4.74. The highest BCUT2D eigenvalue weighted by molar-refractivity contribution is 6.39. The van der Waals surface area contributed by atoms with Crippen LogP contribution in [0.5, 0.6) is 11.5 Å². The monoisotopic (exact) mass is 547 g/mol. The molecule has 7 nitrogen and oxygen atoms in total. The molecule has 196 valence electrons. The van der Waals surface area contributed by atoms with Crippen LogP contribution in [0.25, 0.3) is 10.9 Å². The number of alkyl halides is 3. The third kappa shape index (κ3) is 6.01. The van der Waals surface area contributed by atoms with Gasteiger partial charge in [0.05, 0.1) is 23.7 Å². The fraction of sp³-hybridized carbons (Fsp3) is 0.115. The standard InChI is InChI=1S/C26H18ClF4N3O4/c27-14-5-7-17-20(11-14)32-10-9-22(17)38-23-8-6-15(12-19(23)28)33-24(36)25(37)34-21(13-35)16-3-1-2-4-18(16)26(29,30)31/h1-12,21,35H,13H2,(H,33,36)(H,34,37). The summed E-state index contributed by atoms with van der Waals surface area (Å²) >= 11 is 5.97. The molecule has 38 heavy (non-hydrogen) atoms. The minimum Gasteiger partial charge on any atom is -0.454 e. The van der Waals surface area contributed by atoms with Gasteiger partial charge in [0.25, 0.3) is 0 Å². The van der Waals surface area contributed by atoms with E-state index in [0.29, 0.717) is 21.7 Å². The average Bonchev–Trinajstić information content (AvgIpc) is 2.88. The van der Waals surface area contributed by atoms with Gasteiger partial charge in [-0.25, -0.2) is 4.39 Å². The zero-order chi connectivity index (χ0) is 27.4. The Hall–Kier alpha value is -4.22. The number of ether oxygens (including phenoxy) is 1. The molecular weight excluding hydrogens is 530 g/mol. The Morgan fingerprint density at radius 1 is 1.00 bits per heavy atom. The predicted octanol–water partition coefficient (Wildman–Crippen LogP) is 5.63. The molecule has 0 bridgehead atoms. The molecule has 2 amide bonds. The van der Waals surface area contributed by atoms with Gasteiger partial charge in [-0.05, 0) is 48.0 Å². The fourth-order valence-electron chi connectivity index (χ4n) is 3.66. The molecule has 0 fully saturated rings. The van der Waals surface area contributed by atoms with Crippen molar-refractivity contribution >= 4 is 40.0 Å². The summed E-state index contributed by atoms with van der Waals surface area (Å²) in [4.78, 5) is 28.9. The van der Waals surface area contributed by atoms with Crippen molar-refractivity contribution in [1.82, 2.24) is 10.3 Å². The number of anilines is 1. The number of nitrogens with one attached hydrogen (secondary N) is 2. The van der Waals surface area contributed by atoms with E-state index in [-0.39, 0.29) is 11.4 Å². The molecule has 12 heteroatoms. The van der Waals surface area contributed by atoms with Crippen LogP contribution < -0.4 is 15.4 Å². The number of halogens is 5. The Balaban J connectivity index is 1.46. The van der Waals surface area contributed by atoms with E-state index in [1.165, 1.54) is 30.5 Å². The number of carbonyl (C=O) groups is 2. The normalized spacial score (nSPS) is 12.2. The Bertz CT molecular complexity index is 1510. The van der Waals surface area contributed by atoms with E-state index in [2.05, 4.69) is 15.6 Å². The lowest BCUT2D eigenvalue weighted by Crippen LogP contribution is -2.39. The number of fused-ring (bicyclic) bond motifs is 1. The van der Waals surface area contributed by atoms with Crippen LogP contribution in [0.1, 0.15) is 17.2 Å². The molecule has 1 aromatic heterocycles. The van der Waals surface area contributed by atoms with Crippen LogP contribution >= 0.6 is 11.6 Å². The maximum atomic E-state index is 14.7. The van der Waals surface area contributed by atoms with E-state index in [4.69, 9.17) is 16.3 Å². The average molecular weight is 548 g/mol. The molecular formula is C26H18ClF4N3O4. The second-order valence-electron chi connectivity index (χ2n) is 7.97. The Labute approximate surface area is 218 Å². The van der Waals surface area contributed by atoms with Crippen molar-refractivity contribution in [3.05, 3.63) is 94.9 Å². The number of pyridine rings is 1. The van der Waals surface area contributed by atoms with Crippen LogP contribution in [0.4, 0.5) is 23.2 Å². The molecule has 0 saturated heterocycles. The van der Waals surface area contributed by atoms with Gasteiger partial charge in [-0.15, -0.1) is 0 Å². The first kappa shape index (κ1) is 26.8. The van der Waals surface area contributed by atoms with E-state index in [1.807, 2.05) is 0 Å². The smallest absolute Gasteiger partial charge is 0.416 e. The SMILES string of the molecule is O=C(Nc1ccc(Oc2ccnc3cc(Cl)ccc23)c(F)c1)C(=O)NC(CO)c1ccccc1C(F)(F)F. The summed E-state index contributed by atoms with van der Waals surface area (Å²) in [6.45, 7) is -0.900. The van der Waals surface area contributed by atoms with Gasteiger partial charge in [-0.1, -0.05) is 29.8 Å². The Morgan fingerprint density at radius 3 is 2.47 bits per heavy atom. The molecule has 0 aliphatic carbocycles. The van der Waals surface area contributed by atoms with Gasteiger partial charge < -0.3 is 20.5 Å². The largest absolute Gasteiger partial charge is 0.454 e. The lowest BCUT2D eigenvalue weighted by molar-refractivity contribution is -0.139. The van der Waals surface area contributed by atoms with Crippen LogP contribution in [0.2, 0.25) is 5.02 Å². The molecule has 0 radical (unpaired) electrons. The first-order valence-corrected chi connectivity index (χ1v) is 11.3. The number of aliphatic hydroxyl groups excluding tert-OH is 1. The lowest BCUT2D eigenvalue weighted by atomic mass is 10.00. The maximum Gasteiger partial charge on any atom is 0.416 e. The van der Waals surface area contributed by atoms with E-state index >= 15 is 0 Å². The van der Waals surface area contributed by atoms with Gasteiger partial charge in [0, 0.05) is 28.4 Å². The zero-order valence-electron chi connectivity index (χ0n) is 19.2. The summed E-state index contributed by atoms with van der Waals surface area (Å²) in [5, 5.41) is 14.8. The van der Waals surface area contributed by atoms with E-state index in [0.717, 1.165) is 24.3 Å². The van der Waals surface area contributed by atoms with Gasteiger partial charge >= 0.3 is 18.0 Å². The maximum absolute atomic E-state index is 14.7.